The average molecular weight is 818 g/mol. The molecule has 13 heteroatoms. The molecule has 4 atom stereocenters. The maximum Gasteiger partial charge on any atom is 0.351 e. The second-order valence-corrected chi connectivity index (χ2v) is 16.1. The fourth-order valence-corrected chi connectivity index (χ4v) is 9.12. The van der Waals surface area contributed by atoms with Gasteiger partial charge in [0.25, 0.3) is 14.4 Å². The molecule has 59 heavy (non-hydrogen) atoms. The van der Waals surface area contributed by atoms with Gasteiger partial charge in [-0.05, 0) is 87.6 Å². The highest BCUT2D eigenvalue weighted by atomic mass is 31.2. The number of rotatable bonds is 18. The molecule has 0 spiro atoms. The third kappa shape index (κ3) is 10.5. The third-order valence-electron chi connectivity index (χ3n) is 10.1. The molecule has 1 unspecified atom stereocenters. The highest BCUT2D eigenvalue weighted by Crippen LogP contribution is 2.50. The summed E-state index contributed by atoms with van der Waals surface area (Å²) in [6, 6.07) is 40.6. The van der Waals surface area contributed by atoms with E-state index in [9.17, 15) is 14.9 Å². The normalized spacial score (nSPS) is 17.4. The van der Waals surface area contributed by atoms with Gasteiger partial charge in [-0.2, -0.15) is 10.2 Å². The Morgan fingerprint density at radius 3 is 2.05 bits per heavy atom. The highest BCUT2D eigenvalue weighted by molar-refractivity contribution is 7.44. The lowest BCUT2D eigenvalue weighted by Gasteiger charge is -2.43. The lowest BCUT2D eigenvalue weighted by Crippen LogP contribution is -2.46. The fraction of sp³-hybridized carbons (Fsp3) is 0.348. The van der Waals surface area contributed by atoms with Crippen LogP contribution in [-0.2, 0) is 24.1 Å². The summed E-state index contributed by atoms with van der Waals surface area (Å²) in [6.45, 7) is 8.63. The Bertz CT molecular complexity index is 2140. The van der Waals surface area contributed by atoms with Crippen LogP contribution in [0.2, 0.25) is 0 Å². The van der Waals surface area contributed by atoms with E-state index in [1.807, 2.05) is 91.0 Å². The summed E-state index contributed by atoms with van der Waals surface area (Å²) in [4.78, 5) is 30.7. The molecule has 1 amide bonds. The van der Waals surface area contributed by atoms with Crippen LogP contribution in [-0.4, -0.2) is 64.7 Å². The van der Waals surface area contributed by atoms with Gasteiger partial charge in [0, 0.05) is 23.8 Å². The molecule has 1 saturated heterocycles. The van der Waals surface area contributed by atoms with Gasteiger partial charge in [-0.3, -0.25) is 9.36 Å². The summed E-state index contributed by atoms with van der Waals surface area (Å²) in [7, 11) is 0.00141. The number of hydrogen-bond donors (Lipinski definition) is 1. The van der Waals surface area contributed by atoms with Gasteiger partial charge in [0.1, 0.15) is 29.5 Å². The standard InChI is InChI=1S/C46H52N5O7P/c1-33(2)51(34(3)4)59(56-31-15-29-47)58-40-26-27-43(50-30-28-42(49-45(50)53)48-44(52)35-16-9-6-10-17-35)57-41(40)32-55-46(36-18-11-7-12-19-36,37-20-13-8-14-21-37)38-22-24-39(54-5)25-23-38/h6-14,16-25,28,30,33-34,40-41,43H,15,26-27,31-32H2,1-5H3,(H,48,49,52,53)/t40-,41+,43-,59?/m0/s1. The van der Waals surface area contributed by atoms with Crippen molar-refractivity contribution in [2.75, 3.05) is 25.6 Å². The van der Waals surface area contributed by atoms with E-state index in [1.54, 1.807) is 43.6 Å². The van der Waals surface area contributed by atoms with Gasteiger partial charge < -0.3 is 28.6 Å². The summed E-state index contributed by atoms with van der Waals surface area (Å²) >= 11 is 0. The quantitative estimate of drug-likeness (QED) is 0.0519. The lowest BCUT2D eigenvalue weighted by atomic mass is 9.80. The van der Waals surface area contributed by atoms with Crippen LogP contribution in [0.15, 0.2) is 132 Å². The molecule has 0 radical (unpaired) electrons. The van der Waals surface area contributed by atoms with E-state index >= 15 is 0 Å². The van der Waals surface area contributed by atoms with Gasteiger partial charge >= 0.3 is 5.69 Å². The lowest BCUT2D eigenvalue weighted by molar-refractivity contribution is -0.175. The molecule has 6 rings (SSSR count). The van der Waals surface area contributed by atoms with Crippen LogP contribution in [0.4, 0.5) is 5.82 Å². The molecule has 1 aliphatic rings. The number of ether oxygens (including phenoxy) is 3. The topological polar surface area (TPSA) is 137 Å². The number of anilines is 1. The first-order valence-corrected chi connectivity index (χ1v) is 21.0. The Morgan fingerprint density at radius 2 is 1.49 bits per heavy atom. The highest BCUT2D eigenvalue weighted by Gasteiger charge is 2.43. The number of nitrogens with zero attached hydrogens (tertiary/aromatic N) is 4. The molecule has 1 fully saturated rings. The first-order chi connectivity index (χ1) is 28.6. The molecule has 0 bridgehead atoms. The van der Waals surface area contributed by atoms with Crippen LogP contribution in [0.3, 0.4) is 0 Å². The van der Waals surface area contributed by atoms with Crippen LogP contribution >= 0.6 is 8.53 Å². The Balaban J connectivity index is 1.37. The molecular weight excluding hydrogens is 766 g/mol. The van der Waals surface area contributed by atoms with E-state index in [2.05, 4.69) is 48.7 Å². The second kappa shape index (κ2) is 20.6. The Labute approximate surface area is 347 Å². The minimum Gasteiger partial charge on any atom is -0.497 e. The zero-order chi connectivity index (χ0) is 41.8. The van der Waals surface area contributed by atoms with Gasteiger partial charge in [-0.1, -0.05) is 91.0 Å². The number of nitrogens with one attached hydrogen (secondary N) is 1. The maximum atomic E-state index is 13.6. The molecule has 0 saturated carbocycles. The number of hydrogen-bond acceptors (Lipinski definition) is 10. The predicted octanol–water partition coefficient (Wildman–Crippen LogP) is 8.85. The van der Waals surface area contributed by atoms with Gasteiger partial charge in [-0.15, -0.1) is 0 Å². The zero-order valence-electron chi connectivity index (χ0n) is 34.1. The largest absolute Gasteiger partial charge is 0.497 e. The van der Waals surface area contributed by atoms with Crippen molar-refractivity contribution < 1.29 is 28.1 Å². The van der Waals surface area contributed by atoms with Crippen LogP contribution < -0.4 is 15.7 Å². The number of amides is 1. The van der Waals surface area contributed by atoms with Gasteiger partial charge in [0.05, 0.1) is 38.9 Å². The van der Waals surface area contributed by atoms with Gasteiger partial charge in [0.15, 0.2) is 0 Å². The Kier molecular flexibility index (Phi) is 15.2. The Hall–Kier alpha value is -5.25. The van der Waals surface area contributed by atoms with Gasteiger partial charge in [-0.25, -0.2) is 9.46 Å². The molecule has 12 nitrogen and oxygen atoms in total. The van der Waals surface area contributed by atoms with Crippen molar-refractivity contribution in [2.24, 2.45) is 0 Å². The van der Waals surface area contributed by atoms with Crippen molar-refractivity contribution in [1.82, 2.24) is 14.2 Å². The van der Waals surface area contributed by atoms with Crippen LogP contribution in [0.25, 0.3) is 0 Å². The van der Waals surface area contributed by atoms with Crippen molar-refractivity contribution >= 4 is 20.3 Å². The molecule has 5 aromatic rings. The van der Waals surface area contributed by atoms with Crippen molar-refractivity contribution in [3.63, 3.8) is 0 Å². The molecule has 2 heterocycles. The summed E-state index contributed by atoms with van der Waals surface area (Å²) in [6.07, 6.45) is 0.785. The van der Waals surface area contributed by atoms with Gasteiger partial charge in [0.2, 0.25) is 0 Å². The monoisotopic (exact) mass is 817 g/mol. The van der Waals surface area contributed by atoms with Crippen molar-refractivity contribution in [3.8, 4) is 11.8 Å². The molecule has 1 aromatic heterocycles. The number of benzene rings is 4. The molecule has 1 N–H and O–H groups in total. The van der Waals surface area contributed by atoms with Crippen molar-refractivity contribution in [1.29, 1.82) is 5.26 Å². The summed E-state index contributed by atoms with van der Waals surface area (Å²) < 4.78 is 36.6. The minimum absolute atomic E-state index is 0.0507. The van der Waals surface area contributed by atoms with E-state index in [1.165, 1.54) is 4.57 Å². The number of carbonyl (C=O) groups is 1. The van der Waals surface area contributed by atoms with Crippen LogP contribution in [0.5, 0.6) is 5.75 Å². The number of aromatic nitrogens is 2. The van der Waals surface area contributed by atoms with Crippen LogP contribution in [0, 0.1) is 11.3 Å². The molecule has 0 aliphatic carbocycles. The Morgan fingerprint density at radius 1 is 0.898 bits per heavy atom. The van der Waals surface area contributed by atoms with Crippen molar-refractivity contribution in [3.05, 3.63) is 160 Å². The third-order valence-corrected chi connectivity index (χ3v) is 12.2. The number of carbonyl (C=O) groups excluding carboxylic acids is 1. The fourth-order valence-electron chi connectivity index (χ4n) is 7.34. The first-order valence-electron chi connectivity index (χ1n) is 19.9. The smallest absolute Gasteiger partial charge is 0.351 e. The first kappa shape index (κ1) is 43.3. The van der Waals surface area contributed by atoms with E-state index < -0.39 is 38.3 Å². The minimum atomic E-state index is -1.64. The molecular formula is C46H52N5O7P. The molecule has 4 aromatic carbocycles. The van der Waals surface area contributed by atoms with E-state index in [4.69, 9.17) is 23.3 Å². The van der Waals surface area contributed by atoms with E-state index in [0.29, 0.717) is 24.2 Å². The zero-order valence-corrected chi connectivity index (χ0v) is 35.0. The maximum absolute atomic E-state index is 13.6. The molecule has 308 valence electrons. The average Bonchev–Trinajstić information content (AvgIpc) is 3.25. The SMILES string of the molecule is COc1ccc(C(OC[C@H]2O[C@H](n3ccc(NC(=O)c4ccccc4)nc3=O)CC[C@@H]2OP(OCCC#N)N(C(C)C)C(C)C)(c2ccccc2)c2ccccc2)cc1. The predicted molar refractivity (Wildman–Crippen MR) is 228 cm³/mol. The molecule has 1 aliphatic heterocycles. The summed E-state index contributed by atoms with van der Waals surface area (Å²) in [5.74, 6) is 0.475. The number of methoxy groups -OCH3 is 1. The van der Waals surface area contributed by atoms with Crippen LogP contribution in [0.1, 0.15) is 80.2 Å². The second-order valence-electron chi connectivity index (χ2n) is 14.7. The summed E-state index contributed by atoms with van der Waals surface area (Å²) in [5.41, 5.74) is 1.47. The summed E-state index contributed by atoms with van der Waals surface area (Å²) in [5, 5.41) is 12.1. The van der Waals surface area contributed by atoms with Crippen molar-refractivity contribution in [2.45, 2.75) is 83.1 Å². The van der Waals surface area contributed by atoms with E-state index in [-0.39, 0.29) is 43.4 Å². The van der Waals surface area contributed by atoms with E-state index in [0.717, 1.165) is 16.7 Å². The number of nitriles is 1.